The zero-order valence-corrected chi connectivity index (χ0v) is 21.9. The summed E-state index contributed by atoms with van der Waals surface area (Å²) < 4.78 is 48.3. The SMILES string of the molecule is C=C/N=C(\CC(c1cc(Cl)cc(Cl)c1)C(F)(F)F)c1sc(C(=O)NC2CCCOC2)c2c1CCCC2. The molecule has 4 nitrogen and oxygen atoms in total. The molecular formula is C26H27Cl2F3N2O2S. The maximum absolute atomic E-state index is 14.3. The van der Waals surface area contributed by atoms with Crippen LogP contribution in [0.5, 0.6) is 0 Å². The van der Waals surface area contributed by atoms with Crippen molar-refractivity contribution >= 4 is 46.2 Å². The minimum Gasteiger partial charge on any atom is -0.379 e. The molecule has 36 heavy (non-hydrogen) atoms. The van der Waals surface area contributed by atoms with Crippen LogP contribution in [-0.4, -0.2) is 37.1 Å². The highest BCUT2D eigenvalue weighted by Crippen LogP contribution is 2.42. The Morgan fingerprint density at radius 3 is 2.42 bits per heavy atom. The Labute approximate surface area is 222 Å². The van der Waals surface area contributed by atoms with Crippen LogP contribution in [0.1, 0.15) is 69.3 Å². The van der Waals surface area contributed by atoms with Crippen LogP contribution in [0.25, 0.3) is 0 Å². The number of rotatable bonds is 7. The summed E-state index contributed by atoms with van der Waals surface area (Å²) in [6.45, 7) is 4.78. The van der Waals surface area contributed by atoms with Crippen molar-refractivity contribution in [1.82, 2.24) is 5.32 Å². The van der Waals surface area contributed by atoms with Gasteiger partial charge in [-0.3, -0.25) is 9.79 Å². The molecule has 2 heterocycles. The third-order valence-electron chi connectivity index (χ3n) is 6.51. The van der Waals surface area contributed by atoms with E-state index < -0.39 is 18.5 Å². The van der Waals surface area contributed by atoms with E-state index in [1.54, 1.807) is 0 Å². The smallest absolute Gasteiger partial charge is 0.379 e. The minimum absolute atomic E-state index is 0.0301. The van der Waals surface area contributed by atoms with Gasteiger partial charge in [-0.1, -0.05) is 29.8 Å². The van der Waals surface area contributed by atoms with E-state index in [0.29, 0.717) is 35.8 Å². The van der Waals surface area contributed by atoms with Crippen molar-refractivity contribution in [3.05, 3.63) is 67.5 Å². The van der Waals surface area contributed by atoms with E-state index in [-0.39, 0.29) is 33.3 Å². The number of alkyl halides is 3. The van der Waals surface area contributed by atoms with E-state index in [1.807, 2.05) is 0 Å². The molecule has 0 radical (unpaired) electrons. The molecule has 194 valence electrons. The maximum atomic E-state index is 14.3. The van der Waals surface area contributed by atoms with Gasteiger partial charge in [0.25, 0.3) is 5.91 Å². The average molecular weight is 559 g/mol. The summed E-state index contributed by atoms with van der Waals surface area (Å²) in [6, 6.07) is 3.90. The van der Waals surface area contributed by atoms with Crippen molar-refractivity contribution in [1.29, 1.82) is 0 Å². The molecule has 4 rings (SSSR count). The zero-order chi connectivity index (χ0) is 25.9. The van der Waals surface area contributed by atoms with Crippen LogP contribution in [0.4, 0.5) is 13.2 Å². The molecule has 1 saturated heterocycles. The summed E-state index contributed by atoms with van der Waals surface area (Å²) in [5.74, 6) is -2.07. The second kappa shape index (κ2) is 11.7. The fourth-order valence-corrected chi connectivity index (χ4v) is 6.71. The summed E-state index contributed by atoms with van der Waals surface area (Å²) >= 11 is 13.3. The van der Waals surface area contributed by atoms with Gasteiger partial charge < -0.3 is 10.1 Å². The number of thiophene rings is 1. The molecule has 2 aromatic rings. The summed E-state index contributed by atoms with van der Waals surface area (Å²) in [5, 5.41) is 3.32. The Morgan fingerprint density at radius 1 is 1.17 bits per heavy atom. The Morgan fingerprint density at radius 2 is 1.83 bits per heavy atom. The van der Waals surface area contributed by atoms with Crippen LogP contribution in [0, 0.1) is 0 Å². The molecule has 1 aliphatic carbocycles. The molecule has 0 saturated carbocycles. The molecule has 0 spiro atoms. The molecule has 10 heteroatoms. The quantitative estimate of drug-likeness (QED) is 0.357. The number of carbonyl (C=O) groups excluding carboxylic acids is 1. The summed E-state index contributed by atoms with van der Waals surface area (Å²) in [7, 11) is 0. The molecular weight excluding hydrogens is 532 g/mol. The Balaban J connectivity index is 1.71. The van der Waals surface area contributed by atoms with Crippen molar-refractivity contribution < 1.29 is 22.7 Å². The highest BCUT2D eigenvalue weighted by Gasteiger charge is 2.42. The molecule has 0 bridgehead atoms. The monoisotopic (exact) mass is 558 g/mol. The first kappa shape index (κ1) is 27.2. The lowest BCUT2D eigenvalue weighted by atomic mass is 9.87. The Bertz CT molecular complexity index is 1140. The van der Waals surface area contributed by atoms with E-state index >= 15 is 0 Å². The van der Waals surface area contributed by atoms with E-state index in [0.717, 1.165) is 36.8 Å². The van der Waals surface area contributed by atoms with E-state index in [9.17, 15) is 18.0 Å². The predicted molar refractivity (Wildman–Crippen MR) is 139 cm³/mol. The fraction of sp³-hybridized carbons (Fsp3) is 0.462. The largest absolute Gasteiger partial charge is 0.396 e. The normalized spacial score (nSPS) is 19.5. The minimum atomic E-state index is -4.56. The number of ether oxygens (including phenoxy) is 1. The zero-order valence-electron chi connectivity index (χ0n) is 19.6. The number of nitrogens with one attached hydrogen (secondary N) is 1. The van der Waals surface area contributed by atoms with Crippen LogP contribution in [0.15, 0.2) is 36.0 Å². The number of carbonyl (C=O) groups is 1. The van der Waals surface area contributed by atoms with Crippen molar-refractivity contribution in [3.63, 3.8) is 0 Å². The number of hydrogen-bond donors (Lipinski definition) is 1. The van der Waals surface area contributed by atoms with E-state index in [4.69, 9.17) is 27.9 Å². The standard InChI is InChI=1S/C26H27Cl2F3N2O2S/c1-2-32-22(13-21(26(29,30)31)15-10-16(27)12-17(28)11-15)23-19-7-3-4-8-20(19)24(36-23)25(34)33-18-6-5-9-35-14-18/h2,10-12,18,21H,1,3-9,13-14H2,(H,33,34)/b32-22+. The third kappa shape index (κ3) is 6.33. The van der Waals surface area contributed by atoms with E-state index in [2.05, 4.69) is 16.9 Å². The number of hydrogen-bond acceptors (Lipinski definition) is 4. The van der Waals surface area contributed by atoms with Crippen molar-refractivity contribution in [3.8, 4) is 0 Å². The lowest BCUT2D eigenvalue weighted by Crippen LogP contribution is -2.40. The molecule has 1 aromatic heterocycles. The summed E-state index contributed by atoms with van der Waals surface area (Å²) in [4.78, 5) is 18.7. The lowest BCUT2D eigenvalue weighted by Gasteiger charge is -2.23. The Kier molecular flexibility index (Phi) is 8.81. The highest BCUT2D eigenvalue weighted by atomic mass is 35.5. The number of aliphatic imine (C=N–C) groups is 1. The van der Waals surface area contributed by atoms with Crippen LogP contribution in [0.3, 0.4) is 0 Å². The molecule has 2 atom stereocenters. The predicted octanol–water partition coefficient (Wildman–Crippen LogP) is 7.51. The number of nitrogens with zero attached hydrogens (tertiary/aromatic N) is 1. The van der Waals surface area contributed by atoms with Gasteiger partial charge in [-0.05, 0) is 73.4 Å². The number of fused-ring (bicyclic) bond motifs is 1. The molecule has 1 fully saturated rings. The summed E-state index contributed by atoms with van der Waals surface area (Å²) in [5.41, 5.74) is 2.06. The van der Waals surface area contributed by atoms with E-state index in [1.165, 1.54) is 35.7 Å². The topological polar surface area (TPSA) is 50.7 Å². The molecule has 2 aliphatic rings. The maximum Gasteiger partial charge on any atom is 0.396 e. The lowest BCUT2D eigenvalue weighted by molar-refractivity contribution is -0.148. The first-order valence-corrected chi connectivity index (χ1v) is 13.5. The average Bonchev–Trinajstić information content (AvgIpc) is 3.21. The first-order chi connectivity index (χ1) is 17.2. The number of benzene rings is 1. The van der Waals surface area contributed by atoms with Crippen LogP contribution in [-0.2, 0) is 17.6 Å². The first-order valence-electron chi connectivity index (χ1n) is 11.9. The molecule has 1 aromatic carbocycles. The van der Waals surface area contributed by atoms with Crippen LogP contribution >= 0.6 is 34.5 Å². The molecule has 1 amide bonds. The summed E-state index contributed by atoms with van der Waals surface area (Å²) in [6.07, 6.45) is 1.22. The van der Waals surface area contributed by atoms with Crippen LogP contribution < -0.4 is 5.32 Å². The van der Waals surface area contributed by atoms with Gasteiger partial charge in [0, 0.05) is 29.3 Å². The van der Waals surface area contributed by atoms with Crippen molar-refractivity contribution in [2.45, 2.75) is 63.1 Å². The van der Waals surface area contributed by atoms with Crippen molar-refractivity contribution in [2.24, 2.45) is 4.99 Å². The third-order valence-corrected chi connectivity index (χ3v) is 8.27. The highest BCUT2D eigenvalue weighted by molar-refractivity contribution is 7.16. The molecule has 2 unspecified atom stereocenters. The second-order valence-electron chi connectivity index (χ2n) is 9.07. The van der Waals surface area contributed by atoms with Crippen molar-refractivity contribution in [2.75, 3.05) is 13.2 Å². The number of halogens is 5. The molecule has 1 N–H and O–H groups in total. The van der Waals surface area contributed by atoms with Gasteiger partial charge >= 0.3 is 6.18 Å². The number of amides is 1. The van der Waals surface area contributed by atoms with Gasteiger partial charge in [0.05, 0.1) is 34.0 Å². The van der Waals surface area contributed by atoms with Gasteiger partial charge in [0.1, 0.15) is 0 Å². The van der Waals surface area contributed by atoms with Crippen LogP contribution in [0.2, 0.25) is 10.0 Å². The van der Waals surface area contributed by atoms with Gasteiger partial charge in [0.15, 0.2) is 0 Å². The van der Waals surface area contributed by atoms with Gasteiger partial charge in [-0.15, -0.1) is 11.3 Å². The fourth-order valence-electron chi connectivity index (χ4n) is 4.86. The van der Waals surface area contributed by atoms with Gasteiger partial charge in [-0.2, -0.15) is 13.2 Å². The van der Waals surface area contributed by atoms with Gasteiger partial charge in [-0.25, -0.2) is 0 Å². The second-order valence-corrected chi connectivity index (χ2v) is 11.0. The Hall–Kier alpha value is -1.87. The molecule has 1 aliphatic heterocycles. The van der Waals surface area contributed by atoms with Gasteiger partial charge in [0.2, 0.25) is 0 Å².